The highest BCUT2D eigenvalue weighted by Crippen LogP contribution is 2.40. The van der Waals surface area contributed by atoms with Gasteiger partial charge in [-0.2, -0.15) is 13.2 Å². The molecule has 0 bridgehead atoms. The molecule has 3 N–H and O–H groups in total. The number of rotatable bonds is 2. The van der Waals surface area contributed by atoms with E-state index in [1.165, 1.54) is 6.07 Å². The van der Waals surface area contributed by atoms with E-state index in [0.29, 0.717) is 5.56 Å². The maximum atomic E-state index is 12.6. The van der Waals surface area contributed by atoms with Crippen LogP contribution in [-0.4, -0.2) is 10.6 Å². The van der Waals surface area contributed by atoms with E-state index in [-0.39, 0.29) is 11.4 Å². The van der Waals surface area contributed by atoms with Crippen molar-refractivity contribution in [3.8, 4) is 5.75 Å². The number of benzene rings is 1. The fourth-order valence-electron chi connectivity index (χ4n) is 1.50. The Balaban J connectivity index is 3.25. The molecule has 0 aliphatic carbocycles. The van der Waals surface area contributed by atoms with Crippen LogP contribution in [0.25, 0.3) is 0 Å². The quantitative estimate of drug-likeness (QED) is 0.863. The van der Waals surface area contributed by atoms with Gasteiger partial charge in [0.1, 0.15) is 5.75 Å². The number of aromatic hydroxyl groups is 1. The molecule has 6 heteroatoms. The summed E-state index contributed by atoms with van der Waals surface area (Å²) in [7, 11) is 0. The van der Waals surface area contributed by atoms with Crippen molar-refractivity contribution >= 4 is 11.6 Å². The second kappa shape index (κ2) is 4.38. The van der Waals surface area contributed by atoms with Crippen molar-refractivity contribution < 1.29 is 18.3 Å². The first-order chi connectivity index (χ1) is 7.50. The molecule has 0 aliphatic rings. The smallest absolute Gasteiger partial charge is 0.420 e. The highest BCUT2D eigenvalue weighted by Gasteiger charge is 2.35. The maximum Gasteiger partial charge on any atom is 0.420 e. The van der Waals surface area contributed by atoms with Crippen LogP contribution in [0.15, 0.2) is 12.1 Å². The molecule has 1 aromatic carbocycles. The Labute approximate surface area is 102 Å². The minimum absolute atomic E-state index is 0.232. The van der Waals surface area contributed by atoms with Crippen molar-refractivity contribution in [1.82, 2.24) is 0 Å². The number of phenols is 1. The van der Waals surface area contributed by atoms with Gasteiger partial charge in [-0.3, -0.25) is 0 Å². The third-order valence-electron chi connectivity index (χ3n) is 2.09. The lowest BCUT2D eigenvalue weighted by molar-refractivity contribution is -0.138. The average Bonchev–Trinajstić information content (AvgIpc) is 2.06. The fraction of sp³-hybridized carbons (Fsp3) is 0.455. The molecule has 0 atom stereocenters. The zero-order valence-electron chi connectivity index (χ0n) is 9.40. The van der Waals surface area contributed by atoms with E-state index in [4.69, 9.17) is 17.3 Å². The zero-order valence-corrected chi connectivity index (χ0v) is 10.2. The molecule has 0 fully saturated rings. The number of hydrogen-bond acceptors (Lipinski definition) is 2. The molecular weight excluding hydrogens is 255 g/mol. The van der Waals surface area contributed by atoms with Crippen LogP contribution >= 0.6 is 11.6 Å². The highest BCUT2D eigenvalue weighted by molar-refractivity contribution is 6.32. The van der Waals surface area contributed by atoms with Crippen molar-refractivity contribution in [3.63, 3.8) is 0 Å². The van der Waals surface area contributed by atoms with E-state index in [1.807, 2.05) is 0 Å². The third kappa shape index (κ3) is 3.78. The Morgan fingerprint density at radius 1 is 1.29 bits per heavy atom. The van der Waals surface area contributed by atoms with Gasteiger partial charge in [0.05, 0.1) is 10.6 Å². The molecule has 0 amide bonds. The van der Waals surface area contributed by atoms with Crippen molar-refractivity contribution in [1.29, 1.82) is 0 Å². The van der Waals surface area contributed by atoms with E-state index in [9.17, 15) is 18.3 Å². The predicted octanol–water partition coefficient (Wildman–Crippen LogP) is 3.34. The van der Waals surface area contributed by atoms with Gasteiger partial charge in [-0.15, -0.1) is 0 Å². The van der Waals surface area contributed by atoms with E-state index in [2.05, 4.69) is 0 Å². The van der Waals surface area contributed by atoms with Crippen LogP contribution in [0.3, 0.4) is 0 Å². The van der Waals surface area contributed by atoms with Crippen LogP contribution < -0.4 is 5.73 Å². The molecule has 0 unspecified atom stereocenters. The molecule has 17 heavy (non-hydrogen) atoms. The molecular formula is C11H13ClF3NO. The lowest BCUT2D eigenvalue weighted by Crippen LogP contribution is -2.34. The summed E-state index contributed by atoms with van der Waals surface area (Å²) in [4.78, 5) is 0. The van der Waals surface area contributed by atoms with Gasteiger partial charge >= 0.3 is 6.18 Å². The van der Waals surface area contributed by atoms with E-state index in [0.717, 1.165) is 6.07 Å². The van der Waals surface area contributed by atoms with Crippen LogP contribution in [0.1, 0.15) is 25.0 Å². The Morgan fingerprint density at radius 3 is 2.24 bits per heavy atom. The van der Waals surface area contributed by atoms with Crippen molar-refractivity contribution in [2.75, 3.05) is 0 Å². The van der Waals surface area contributed by atoms with Gasteiger partial charge in [0.15, 0.2) is 0 Å². The fourth-order valence-corrected chi connectivity index (χ4v) is 1.74. The topological polar surface area (TPSA) is 46.2 Å². The summed E-state index contributed by atoms with van der Waals surface area (Å²) in [5.41, 5.74) is 4.28. The Hall–Kier alpha value is -0.940. The van der Waals surface area contributed by atoms with Gasteiger partial charge in [0.2, 0.25) is 0 Å². The molecule has 0 spiro atoms. The van der Waals surface area contributed by atoms with E-state index < -0.39 is 23.0 Å². The summed E-state index contributed by atoms with van der Waals surface area (Å²) >= 11 is 5.56. The SMILES string of the molecule is CC(C)(N)Cc1cc(Cl)c(O)c(C(F)(F)F)c1. The third-order valence-corrected chi connectivity index (χ3v) is 2.38. The Bertz CT molecular complexity index is 424. The number of alkyl halides is 3. The monoisotopic (exact) mass is 267 g/mol. The van der Waals surface area contributed by atoms with Gasteiger partial charge in [-0.1, -0.05) is 11.6 Å². The van der Waals surface area contributed by atoms with Gasteiger partial charge in [-0.05, 0) is 38.0 Å². The van der Waals surface area contributed by atoms with Gasteiger partial charge in [0, 0.05) is 5.54 Å². The first-order valence-corrected chi connectivity index (χ1v) is 5.26. The second-order valence-corrected chi connectivity index (χ2v) is 5.04. The molecule has 0 saturated carbocycles. The summed E-state index contributed by atoms with van der Waals surface area (Å²) < 4.78 is 37.8. The van der Waals surface area contributed by atoms with Crippen LogP contribution in [0.2, 0.25) is 5.02 Å². The standard InChI is InChI=1S/C11H13ClF3NO/c1-10(2,16)5-6-3-7(11(13,14)15)9(17)8(12)4-6/h3-4,17H,5,16H2,1-2H3. The molecule has 0 saturated heterocycles. The highest BCUT2D eigenvalue weighted by atomic mass is 35.5. The summed E-state index contributed by atoms with van der Waals surface area (Å²) in [6, 6.07) is 2.16. The van der Waals surface area contributed by atoms with Gasteiger partial charge in [0.25, 0.3) is 0 Å². The summed E-state index contributed by atoms with van der Waals surface area (Å²) in [5.74, 6) is -0.947. The van der Waals surface area contributed by atoms with Gasteiger partial charge < -0.3 is 10.8 Å². The van der Waals surface area contributed by atoms with E-state index in [1.54, 1.807) is 13.8 Å². The average molecular weight is 268 g/mol. The van der Waals surface area contributed by atoms with Crippen molar-refractivity contribution in [2.45, 2.75) is 32.0 Å². The summed E-state index contributed by atoms with van der Waals surface area (Å²) in [6.07, 6.45) is -4.40. The largest absolute Gasteiger partial charge is 0.506 e. The second-order valence-electron chi connectivity index (χ2n) is 4.64. The Kier molecular flexibility index (Phi) is 3.64. The molecule has 0 aromatic heterocycles. The summed E-state index contributed by atoms with van der Waals surface area (Å²) in [5, 5.41) is 8.95. The number of nitrogens with two attached hydrogens (primary N) is 1. The predicted molar refractivity (Wildman–Crippen MR) is 60.1 cm³/mol. The van der Waals surface area contributed by atoms with Crippen LogP contribution in [-0.2, 0) is 12.6 Å². The zero-order chi connectivity index (χ0) is 13.4. The molecule has 2 nitrogen and oxygen atoms in total. The first-order valence-electron chi connectivity index (χ1n) is 4.88. The molecule has 1 rings (SSSR count). The molecule has 96 valence electrons. The molecule has 0 aliphatic heterocycles. The molecule has 0 radical (unpaired) electrons. The van der Waals surface area contributed by atoms with E-state index >= 15 is 0 Å². The van der Waals surface area contributed by atoms with Gasteiger partial charge in [-0.25, -0.2) is 0 Å². The van der Waals surface area contributed by atoms with Crippen LogP contribution in [0.4, 0.5) is 13.2 Å². The lowest BCUT2D eigenvalue weighted by atomic mass is 9.95. The first kappa shape index (κ1) is 14.1. The number of hydrogen-bond donors (Lipinski definition) is 2. The lowest BCUT2D eigenvalue weighted by Gasteiger charge is -2.20. The van der Waals surface area contributed by atoms with Crippen LogP contribution in [0.5, 0.6) is 5.75 Å². The number of halogens is 4. The Morgan fingerprint density at radius 2 is 1.82 bits per heavy atom. The van der Waals surface area contributed by atoms with Crippen molar-refractivity contribution in [3.05, 3.63) is 28.3 Å². The van der Waals surface area contributed by atoms with Crippen molar-refractivity contribution in [2.24, 2.45) is 5.73 Å². The minimum atomic E-state index is -4.64. The summed E-state index contributed by atoms with van der Waals surface area (Å²) in [6.45, 7) is 3.39. The molecule has 0 heterocycles. The number of phenolic OH excluding ortho intramolecular Hbond substituents is 1. The normalized spacial score (nSPS) is 12.9. The maximum absolute atomic E-state index is 12.6. The molecule has 1 aromatic rings. The minimum Gasteiger partial charge on any atom is -0.506 e. The van der Waals surface area contributed by atoms with Crippen LogP contribution in [0, 0.1) is 0 Å².